The first-order valence-corrected chi connectivity index (χ1v) is 7.55. The van der Waals surface area contributed by atoms with Crippen molar-refractivity contribution in [2.45, 2.75) is 51.2 Å². The first-order chi connectivity index (χ1) is 9.48. The fraction of sp³-hybridized carbons (Fsp3) is 0.647. The summed E-state index contributed by atoms with van der Waals surface area (Å²) in [5.74, 6) is 0.564. The molecule has 1 heterocycles. The fourth-order valence-corrected chi connectivity index (χ4v) is 3.16. The molecule has 1 aliphatic heterocycles. The molecule has 20 heavy (non-hydrogen) atoms. The van der Waals surface area contributed by atoms with Gasteiger partial charge in [-0.3, -0.25) is 0 Å². The highest BCUT2D eigenvalue weighted by Gasteiger charge is 2.43. The molecule has 1 N–H and O–H groups in total. The van der Waals surface area contributed by atoms with Crippen LogP contribution >= 0.6 is 0 Å². The third-order valence-electron chi connectivity index (χ3n) is 4.56. The van der Waals surface area contributed by atoms with E-state index in [2.05, 4.69) is 13.8 Å². The van der Waals surface area contributed by atoms with Gasteiger partial charge in [0.15, 0.2) is 5.79 Å². The maximum atomic E-state index is 9.36. The smallest absolute Gasteiger partial charge is 0.168 e. The minimum absolute atomic E-state index is 0.138. The number of hydrogen-bond donors (Lipinski definition) is 1. The van der Waals surface area contributed by atoms with E-state index in [0.29, 0.717) is 11.7 Å². The van der Waals surface area contributed by atoms with Gasteiger partial charge >= 0.3 is 0 Å². The van der Waals surface area contributed by atoms with Crippen molar-refractivity contribution < 1.29 is 14.6 Å². The van der Waals surface area contributed by atoms with Gasteiger partial charge < -0.3 is 14.6 Å². The van der Waals surface area contributed by atoms with Gasteiger partial charge in [0, 0.05) is 18.3 Å². The van der Waals surface area contributed by atoms with E-state index in [4.69, 9.17) is 9.47 Å². The van der Waals surface area contributed by atoms with Crippen LogP contribution in [0.4, 0.5) is 0 Å². The molecular formula is C17H24O3. The zero-order valence-electron chi connectivity index (χ0n) is 12.4. The van der Waals surface area contributed by atoms with Gasteiger partial charge in [0.2, 0.25) is 0 Å². The Morgan fingerprint density at radius 1 is 1.00 bits per heavy atom. The predicted octanol–water partition coefficient (Wildman–Crippen LogP) is 3.82. The highest BCUT2D eigenvalue weighted by Crippen LogP contribution is 2.44. The van der Waals surface area contributed by atoms with Crippen LogP contribution in [0, 0.1) is 5.41 Å². The second-order valence-corrected chi connectivity index (χ2v) is 7.02. The van der Waals surface area contributed by atoms with Crippen molar-refractivity contribution >= 4 is 0 Å². The molecule has 3 nitrogen and oxygen atoms in total. The van der Waals surface area contributed by atoms with E-state index in [1.54, 1.807) is 12.1 Å². The lowest BCUT2D eigenvalue weighted by molar-refractivity contribution is -0.310. The highest BCUT2D eigenvalue weighted by molar-refractivity contribution is 5.28. The number of aromatic hydroxyl groups is 1. The van der Waals surface area contributed by atoms with Crippen LogP contribution < -0.4 is 0 Å². The Morgan fingerprint density at radius 2 is 1.55 bits per heavy atom. The molecule has 2 fully saturated rings. The van der Waals surface area contributed by atoms with Gasteiger partial charge in [-0.05, 0) is 36.5 Å². The van der Waals surface area contributed by atoms with Crippen molar-refractivity contribution in [1.82, 2.24) is 0 Å². The molecule has 1 aliphatic carbocycles. The lowest BCUT2D eigenvalue weighted by Crippen LogP contribution is -2.49. The molecule has 2 aliphatic rings. The number of hydrogen-bond acceptors (Lipinski definition) is 3. The molecule has 0 unspecified atom stereocenters. The molecule has 0 radical (unpaired) electrons. The molecule has 0 atom stereocenters. The van der Waals surface area contributed by atoms with E-state index in [0.717, 1.165) is 38.9 Å². The van der Waals surface area contributed by atoms with Crippen molar-refractivity contribution in [2.24, 2.45) is 5.41 Å². The number of phenols is 1. The van der Waals surface area contributed by atoms with E-state index in [1.807, 2.05) is 12.1 Å². The molecule has 1 saturated heterocycles. The topological polar surface area (TPSA) is 38.7 Å². The van der Waals surface area contributed by atoms with Crippen molar-refractivity contribution in [2.75, 3.05) is 13.2 Å². The minimum atomic E-state index is -0.330. The Balaban J connectivity index is 1.61. The van der Waals surface area contributed by atoms with Crippen molar-refractivity contribution in [3.63, 3.8) is 0 Å². The normalized spacial score (nSPS) is 25.7. The molecule has 1 aromatic rings. The summed E-state index contributed by atoms with van der Waals surface area (Å²) in [6.07, 6.45) is 4.11. The monoisotopic (exact) mass is 276 g/mol. The van der Waals surface area contributed by atoms with E-state index >= 15 is 0 Å². The summed E-state index contributed by atoms with van der Waals surface area (Å²) in [5, 5.41) is 9.36. The molecule has 0 amide bonds. The van der Waals surface area contributed by atoms with E-state index in [9.17, 15) is 5.11 Å². The standard InChI is InChI=1S/C17H24O3/c1-16(2)11-19-17(20-12-16)9-7-14(8-10-17)13-3-5-15(18)6-4-13/h3-6,14,18H,7-12H2,1-2H3. The van der Waals surface area contributed by atoms with Crippen LogP contribution in [-0.4, -0.2) is 24.1 Å². The van der Waals surface area contributed by atoms with E-state index in [1.165, 1.54) is 5.56 Å². The predicted molar refractivity (Wildman–Crippen MR) is 77.7 cm³/mol. The van der Waals surface area contributed by atoms with Gasteiger partial charge in [0.1, 0.15) is 5.75 Å². The number of benzene rings is 1. The van der Waals surface area contributed by atoms with Gasteiger partial charge in [-0.25, -0.2) is 0 Å². The molecule has 110 valence electrons. The third kappa shape index (κ3) is 2.84. The zero-order chi connectivity index (χ0) is 14.2. The summed E-state index contributed by atoms with van der Waals surface area (Å²) in [4.78, 5) is 0. The van der Waals surface area contributed by atoms with Crippen molar-refractivity contribution in [1.29, 1.82) is 0 Å². The first-order valence-electron chi connectivity index (χ1n) is 7.55. The highest BCUT2D eigenvalue weighted by atomic mass is 16.7. The summed E-state index contributed by atoms with van der Waals surface area (Å²) >= 11 is 0. The summed E-state index contributed by atoms with van der Waals surface area (Å²) < 4.78 is 12.1. The Kier molecular flexibility index (Phi) is 3.51. The Morgan fingerprint density at radius 3 is 2.10 bits per heavy atom. The molecule has 1 saturated carbocycles. The summed E-state index contributed by atoms with van der Waals surface area (Å²) in [6.45, 7) is 5.94. The number of ether oxygens (including phenoxy) is 2. The average Bonchev–Trinajstić information content (AvgIpc) is 2.45. The summed E-state index contributed by atoms with van der Waals surface area (Å²) in [7, 11) is 0. The number of phenolic OH excluding ortho intramolecular Hbond substituents is 1. The van der Waals surface area contributed by atoms with E-state index < -0.39 is 0 Å². The molecule has 0 aromatic heterocycles. The quantitative estimate of drug-likeness (QED) is 0.847. The van der Waals surface area contributed by atoms with Crippen LogP contribution in [0.2, 0.25) is 0 Å². The van der Waals surface area contributed by atoms with Crippen LogP contribution in [0.15, 0.2) is 24.3 Å². The third-order valence-corrected chi connectivity index (χ3v) is 4.56. The molecule has 3 rings (SSSR count). The Labute approximate surface area is 120 Å². The molecule has 1 spiro atoms. The van der Waals surface area contributed by atoms with Crippen LogP contribution in [0.25, 0.3) is 0 Å². The van der Waals surface area contributed by atoms with Gasteiger partial charge in [-0.15, -0.1) is 0 Å². The molecule has 1 aromatic carbocycles. The maximum Gasteiger partial charge on any atom is 0.168 e. The van der Waals surface area contributed by atoms with Gasteiger partial charge in [-0.2, -0.15) is 0 Å². The van der Waals surface area contributed by atoms with Crippen molar-refractivity contribution in [3.8, 4) is 5.75 Å². The average molecular weight is 276 g/mol. The van der Waals surface area contributed by atoms with Crippen LogP contribution in [0.3, 0.4) is 0 Å². The summed E-state index contributed by atoms with van der Waals surface area (Å²) in [6, 6.07) is 7.61. The van der Waals surface area contributed by atoms with Gasteiger partial charge in [-0.1, -0.05) is 26.0 Å². The summed E-state index contributed by atoms with van der Waals surface area (Å²) in [5.41, 5.74) is 1.45. The first kappa shape index (κ1) is 13.9. The lowest BCUT2D eigenvalue weighted by Gasteiger charge is -2.46. The van der Waals surface area contributed by atoms with Crippen LogP contribution in [0.1, 0.15) is 51.0 Å². The fourth-order valence-electron chi connectivity index (χ4n) is 3.16. The molecule has 3 heteroatoms. The van der Waals surface area contributed by atoms with E-state index in [-0.39, 0.29) is 11.2 Å². The van der Waals surface area contributed by atoms with Crippen LogP contribution in [-0.2, 0) is 9.47 Å². The second-order valence-electron chi connectivity index (χ2n) is 7.02. The Bertz CT molecular complexity index is 444. The molecular weight excluding hydrogens is 252 g/mol. The minimum Gasteiger partial charge on any atom is -0.508 e. The maximum absolute atomic E-state index is 9.36. The SMILES string of the molecule is CC1(C)COC2(CCC(c3ccc(O)cc3)CC2)OC1. The molecule has 0 bridgehead atoms. The van der Waals surface area contributed by atoms with Crippen molar-refractivity contribution in [3.05, 3.63) is 29.8 Å². The van der Waals surface area contributed by atoms with Gasteiger partial charge in [0.05, 0.1) is 13.2 Å². The van der Waals surface area contributed by atoms with Crippen LogP contribution in [0.5, 0.6) is 5.75 Å². The lowest BCUT2D eigenvalue weighted by atomic mass is 9.80. The zero-order valence-corrected chi connectivity index (χ0v) is 12.4. The largest absolute Gasteiger partial charge is 0.508 e. The number of rotatable bonds is 1. The Hall–Kier alpha value is -1.06. The van der Waals surface area contributed by atoms with Gasteiger partial charge in [0.25, 0.3) is 0 Å². The second kappa shape index (κ2) is 5.05.